The van der Waals surface area contributed by atoms with Gasteiger partial charge in [0, 0.05) is 17.6 Å². The Hall–Kier alpha value is -5.21. The number of carboxylic acid groups (broad SMARTS) is 1. The van der Waals surface area contributed by atoms with Crippen molar-refractivity contribution in [3.63, 3.8) is 0 Å². The molecule has 15 heteroatoms. The molecule has 5 aromatic rings. The molecule has 0 aliphatic heterocycles. The van der Waals surface area contributed by atoms with Crippen molar-refractivity contribution in [2.24, 2.45) is 0 Å². The summed E-state index contributed by atoms with van der Waals surface area (Å²) in [4.78, 5) is 42.7. The standard InChI is InChI=1S/C33H26ClF2N5O6S/c1-17-20-9-11-26(22(20)8-7-21(17)33(44)45)40-32(43)28-13-27(31(42)37-14-18-6-10-24(35)25(36)12-18)39-30-29(15-38-41(28)30)48(46,47)16-19-4-2-3-5-23(19)34/h2-8,10,12-13,15,26H,9,11,14,16H2,1H3,(H,37,42)(H,40,43)(H,44,45)/t26-/m0/s1. The summed E-state index contributed by atoms with van der Waals surface area (Å²) in [6.07, 6.45) is 2.02. The number of carbonyl (C=O) groups excluding carboxylic acids is 2. The highest BCUT2D eigenvalue weighted by Gasteiger charge is 2.31. The Morgan fingerprint density at radius 2 is 1.81 bits per heavy atom. The second-order valence-corrected chi connectivity index (χ2v) is 13.6. The van der Waals surface area contributed by atoms with E-state index in [9.17, 15) is 36.7 Å². The Balaban J connectivity index is 1.37. The molecule has 11 nitrogen and oxygen atoms in total. The second-order valence-electron chi connectivity index (χ2n) is 11.2. The van der Waals surface area contributed by atoms with E-state index in [-0.39, 0.29) is 44.6 Å². The van der Waals surface area contributed by atoms with E-state index >= 15 is 0 Å². The maximum Gasteiger partial charge on any atom is 0.335 e. The third-order valence-electron chi connectivity index (χ3n) is 8.21. The van der Waals surface area contributed by atoms with E-state index in [1.807, 2.05) is 0 Å². The van der Waals surface area contributed by atoms with Gasteiger partial charge in [-0.3, -0.25) is 9.59 Å². The van der Waals surface area contributed by atoms with Gasteiger partial charge in [-0.2, -0.15) is 5.10 Å². The maximum atomic E-state index is 13.8. The van der Waals surface area contributed by atoms with E-state index in [4.69, 9.17) is 11.6 Å². The number of aromatic carboxylic acids is 1. The van der Waals surface area contributed by atoms with E-state index in [0.29, 0.717) is 24.0 Å². The Kier molecular flexibility index (Phi) is 8.70. The van der Waals surface area contributed by atoms with Crippen LogP contribution in [0.2, 0.25) is 5.02 Å². The van der Waals surface area contributed by atoms with Crippen LogP contribution in [0.15, 0.2) is 71.8 Å². The van der Waals surface area contributed by atoms with Crippen LogP contribution in [0.3, 0.4) is 0 Å². The van der Waals surface area contributed by atoms with Gasteiger partial charge in [-0.25, -0.2) is 31.5 Å². The number of amides is 2. The Morgan fingerprint density at radius 3 is 2.54 bits per heavy atom. The van der Waals surface area contributed by atoms with Gasteiger partial charge >= 0.3 is 5.97 Å². The molecule has 3 aromatic carbocycles. The van der Waals surface area contributed by atoms with Crippen molar-refractivity contribution in [3.05, 3.63) is 128 Å². The summed E-state index contributed by atoms with van der Waals surface area (Å²) in [5.74, 6) is -5.25. The predicted molar refractivity (Wildman–Crippen MR) is 170 cm³/mol. The lowest BCUT2D eigenvalue weighted by Crippen LogP contribution is -2.31. The van der Waals surface area contributed by atoms with Crippen LogP contribution in [0.5, 0.6) is 0 Å². The second kappa shape index (κ2) is 12.8. The van der Waals surface area contributed by atoms with Crippen LogP contribution < -0.4 is 10.6 Å². The highest BCUT2D eigenvalue weighted by atomic mass is 35.5. The molecule has 0 fully saturated rings. The summed E-state index contributed by atoms with van der Waals surface area (Å²) >= 11 is 6.22. The van der Waals surface area contributed by atoms with Gasteiger partial charge in [-0.05, 0) is 71.8 Å². The predicted octanol–water partition coefficient (Wildman–Crippen LogP) is 4.99. The van der Waals surface area contributed by atoms with Crippen molar-refractivity contribution >= 4 is 44.9 Å². The first-order valence-corrected chi connectivity index (χ1v) is 16.6. The van der Waals surface area contributed by atoms with Crippen LogP contribution in [0.4, 0.5) is 8.78 Å². The molecule has 0 unspecified atom stereocenters. The molecule has 1 aliphatic carbocycles. The van der Waals surface area contributed by atoms with Crippen LogP contribution in [-0.4, -0.2) is 45.9 Å². The summed E-state index contributed by atoms with van der Waals surface area (Å²) in [5, 5.41) is 19.3. The molecule has 48 heavy (non-hydrogen) atoms. The van der Waals surface area contributed by atoms with Gasteiger partial charge in [0.05, 0.1) is 23.6 Å². The van der Waals surface area contributed by atoms with Crippen molar-refractivity contribution < 1.29 is 36.7 Å². The molecule has 2 amide bonds. The van der Waals surface area contributed by atoms with Crippen LogP contribution in [0.25, 0.3) is 5.65 Å². The number of carboxylic acids is 1. The highest BCUT2D eigenvalue weighted by Crippen LogP contribution is 2.35. The first-order valence-electron chi connectivity index (χ1n) is 14.6. The number of nitrogens with one attached hydrogen (secondary N) is 2. The molecule has 3 N–H and O–H groups in total. The minimum atomic E-state index is -4.17. The molecule has 246 valence electrons. The number of nitrogens with zero attached hydrogens (tertiary/aromatic N) is 3. The average molecular weight is 694 g/mol. The van der Waals surface area contributed by atoms with Gasteiger partial charge in [-0.1, -0.05) is 41.9 Å². The molecule has 0 saturated carbocycles. The van der Waals surface area contributed by atoms with E-state index < -0.39 is 51.1 Å². The van der Waals surface area contributed by atoms with Gasteiger partial charge in [-0.15, -0.1) is 0 Å². The molecule has 2 aromatic heterocycles. The van der Waals surface area contributed by atoms with Crippen molar-refractivity contribution in [3.8, 4) is 0 Å². The monoisotopic (exact) mass is 693 g/mol. The smallest absolute Gasteiger partial charge is 0.335 e. The van der Waals surface area contributed by atoms with Crippen LogP contribution in [0, 0.1) is 18.6 Å². The first kappa shape index (κ1) is 32.7. The number of sulfone groups is 1. The topological polar surface area (TPSA) is 160 Å². The molecule has 0 saturated heterocycles. The fraction of sp³-hybridized carbons (Fsp3) is 0.182. The zero-order valence-corrected chi connectivity index (χ0v) is 26.7. The lowest BCUT2D eigenvalue weighted by Gasteiger charge is -2.16. The molecule has 0 spiro atoms. The van der Waals surface area contributed by atoms with Crippen molar-refractivity contribution in [2.75, 3.05) is 0 Å². The zero-order valence-electron chi connectivity index (χ0n) is 25.1. The fourth-order valence-corrected chi connectivity index (χ4v) is 7.47. The lowest BCUT2D eigenvalue weighted by molar-refractivity contribution is 0.0695. The SMILES string of the molecule is Cc1c(C(=O)O)ccc2c1CC[C@@H]2NC(=O)c1cc(C(=O)NCc2ccc(F)c(F)c2)nc2c(S(=O)(=O)Cc3ccccc3Cl)cnn12. The normalized spacial score (nSPS) is 14.1. The fourth-order valence-electron chi connectivity index (χ4n) is 5.75. The summed E-state index contributed by atoms with van der Waals surface area (Å²) in [7, 11) is -4.17. The summed E-state index contributed by atoms with van der Waals surface area (Å²) < 4.78 is 55.4. The molecule has 0 radical (unpaired) electrons. The number of hydrogen-bond acceptors (Lipinski definition) is 7. The number of carbonyl (C=O) groups is 3. The average Bonchev–Trinajstić information content (AvgIpc) is 3.67. The number of halogens is 3. The Bertz CT molecular complexity index is 2260. The number of rotatable bonds is 9. The van der Waals surface area contributed by atoms with Crippen LogP contribution >= 0.6 is 11.6 Å². The lowest BCUT2D eigenvalue weighted by atomic mass is 9.98. The maximum absolute atomic E-state index is 13.8. The number of aromatic nitrogens is 3. The molecular weight excluding hydrogens is 668 g/mol. The number of benzene rings is 3. The van der Waals surface area contributed by atoms with E-state index in [1.54, 1.807) is 37.3 Å². The van der Waals surface area contributed by atoms with E-state index in [0.717, 1.165) is 40.0 Å². The van der Waals surface area contributed by atoms with Crippen LogP contribution in [-0.2, 0) is 28.6 Å². The zero-order chi connectivity index (χ0) is 34.3. The van der Waals surface area contributed by atoms with Gasteiger partial charge in [0.25, 0.3) is 11.8 Å². The molecular formula is C33H26ClF2N5O6S. The van der Waals surface area contributed by atoms with Crippen molar-refractivity contribution in [1.29, 1.82) is 0 Å². The molecule has 6 rings (SSSR count). The third-order valence-corrected chi connectivity index (χ3v) is 10.2. The molecule has 2 heterocycles. The van der Waals surface area contributed by atoms with E-state index in [2.05, 4.69) is 20.7 Å². The Labute approximate surface area is 277 Å². The third kappa shape index (κ3) is 6.23. The number of fused-ring (bicyclic) bond motifs is 2. The summed E-state index contributed by atoms with van der Waals surface area (Å²) in [6, 6.07) is 13.3. The summed E-state index contributed by atoms with van der Waals surface area (Å²) in [6.45, 7) is 1.48. The summed E-state index contributed by atoms with van der Waals surface area (Å²) in [5.41, 5.74) is 2.05. The van der Waals surface area contributed by atoms with Crippen LogP contribution in [0.1, 0.15) is 71.6 Å². The molecule has 1 atom stereocenters. The first-order chi connectivity index (χ1) is 22.8. The minimum absolute atomic E-state index is 0.165. The van der Waals surface area contributed by atoms with Gasteiger partial charge in [0.2, 0.25) is 0 Å². The van der Waals surface area contributed by atoms with Gasteiger partial charge in [0.15, 0.2) is 27.1 Å². The number of hydrogen-bond donors (Lipinski definition) is 3. The Morgan fingerprint density at radius 1 is 1.04 bits per heavy atom. The molecule has 1 aliphatic rings. The minimum Gasteiger partial charge on any atom is -0.478 e. The van der Waals surface area contributed by atoms with E-state index in [1.165, 1.54) is 12.1 Å². The van der Waals surface area contributed by atoms with Gasteiger partial charge in [0.1, 0.15) is 16.3 Å². The molecule has 0 bridgehead atoms. The largest absolute Gasteiger partial charge is 0.478 e. The highest BCUT2D eigenvalue weighted by molar-refractivity contribution is 7.90. The van der Waals surface area contributed by atoms with Crippen molar-refractivity contribution in [1.82, 2.24) is 25.2 Å². The van der Waals surface area contributed by atoms with Gasteiger partial charge < -0.3 is 15.7 Å². The van der Waals surface area contributed by atoms with Crippen molar-refractivity contribution in [2.45, 2.75) is 43.0 Å². The quantitative estimate of drug-likeness (QED) is 0.195.